The molecule has 1 aromatic heterocycles. The lowest BCUT2D eigenvalue weighted by atomic mass is 9.95. The Hall–Kier alpha value is -3.98. The molecule has 0 aliphatic carbocycles. The Morgan fingerprint density at radius 1 is 1.11 bits per heavy atom. The number of carbonyl (C=O) groups is 2. The molecule has 1 unspecified atom stereocenters. The monoisotopic (exact) mass is 503 g/mol. The van der Waals surface area contributed by atoms with Gasteiger partial charge in [0.15, 0.2) is 4.80 Å². The van der Waals surface area contributed by atoms with Gasteiger partial charge in [-0.2, -0.15) is 0 Å². The first-order chi connectivity index (χ1) is 17.4. The number of hydrogen-bond donors (Lipinski definition) is 0. The van der Waals surface area contributed by atoms with Crippen LogP contribution in [0.1, 0.15) is 37.9 Å². The van der Waals surface area contributed by atoms with Crippen molar-refractivity contribution in [1.82, 2.24) is 4.57 Å². The second-order valence-electron chi connectivity index (χ2n) is 8.34. The number of rotatable bonds is 5. The van der Waals surface area contributed by atoms with E-state index < -0.39 is 12.0 Å². The average Bonchev–Trinajstić information content (AvgIpc) is 3.35. The van der Waals surface area contributed by atoms with Crippen LogP contribution in [0.4, 0.5) is 5.69 Å². The largest absolute Gasteiger partial charge is 0.497 e. The Balaban J connectivity index is 1.83. The highest BCUT2D eigenvalue weighted by Gasteiger charge is 2.37. The molecule has 2 aliphatic rings. The van der Waals surface area contributed by atoms with E-state index in [2.05, 4.69) is 4.99 Å². The number of nitrogens with zero attached hydrogens (tertiary/aromatic N) is 3. The molecule has 3 heterocycles. The van der Waals surface area contributed by atoms with Crippen LogP contribution in [0.15, 0.2) is 69.6 Å². The average molecular weight is 504 g/mol. The first kappa shape index (κ1) is 23.7. The number of fused-ring (bicyclic) bond motifs is 2. The highest BCUT2D eigenvalue weighted by Crippen LogP contribution is 2.35. The summed E-state index contributed by atoms with van der Waals surface area (Å²) < 4.78 is 12.5. The van der Waals surface area contributed by atoms with Crippen LogP contribution in [0.25, 0.3) is 5.57 Å². The molecule has 0 fully saturated rings. The van der Waals surface area contributed by atoms with Gasteiger partial charge in [-0.1, -0.05) is 41.7 Å². The van der Waals surface area contributed by atoms with Gasteiger partial charge >= 0.3 is 5.97 Å². The highest BCUT2D eigenvalue weighted by molar-refractivity contribution is 7.07. The van der Waals surface area contributed by atoms with Crippen molar-refractivity contribution in [1.29, 1.82) is 0 Å². The minimum atomic E-state index is -0.779. The first-order valence-electron chi connectivity index (χ1n) is 11.7. The summed E-state index contributed by atoms with van der Waals surface area (Å²) in [6.07, 6.45) is 0. The molecular formula is C27H25N3O5S. The number of methoxy groups -OCH3 is 1. The van der Waals surface area contributed by atoms with Crippen LogP contribution in [0, 0.1) is 0 Å². The van der Waals surface area contributed by atoms with Gasteiger partial charge in [0, 0.05) is 12.1 Å². The second kappa shape index (κ2) is 9.23. The van der Waals surface area contributed by atoms with Gasteiger partial charge in [-0.25, -0.2) is 9.79 Å². The molecule has 2 aromatic carbocycles. The molecule has 0 spiro atoms. The van der Waals surface area contributed by atoms with Crippen molar-refractivity contribution in [2.45, 2.75) is 26.8 Å². The zero-order valence-corrected chi connectivity index (χ0v) is 21.2. The zero-order valence-electron chi connectivity index (χ0n) is 20.4. The van der Waals surface area contributed by atoms with E-state index in [0.717, 1.165) is 17.0 Å². The number of likely N-dealkylation sites (N-methyl/N-ethyl adjacent to an activating group) is 1. The van der Waals surface area contributed by atoms with Gasteiger partial charge in [0.05, 0.1) is 42.3 Å². The molecule has 36 heavy (non-hydrogen) atoms. The fourth-order valence-electron chi connectivity index (χ4n) is 4.78. The van der Waals surface area contributed by atoms with Crippen molar-refractivity contribution in [2.75, 3.05) is 25.2 Å². The van der Waals surface area contributed by atoms with Gasteiger partial charge in [-0.3, -0.25) is 14.2 Å². The quantitative estimate of drug-likeness (QED) is 0.499. The summed E-state index contributed by atoms with van der Waals surface area (Å²) in [5, 5.41) is 0. The molecule has 0 saturated heterocycles. The Bertz CT molecular complexity index is 1610. The fraction of sp³-hybridized carbons (Fsp3) is 0.259. The van der Waals surface area contributed by atoms with Gasteiger partial charge < -0.3 is 14.4 Å². The van der Waals surface area contributed by atoms with Crippen LogP contribution >= 0.6 is 11.3 Å². The third kappa shape index (κ3) is 3.58. The van der Waals surface area contributed by atoms with E-state index >= 15 is 0 Å². The van der Waals surface area contributed by atoms with Crippen molar-refractivity contribution >= 4 is 34.5 Å². The number of anilines is 1. The van der Waals surface area contributed by atoms with Crippen LogP contribution < -0.4 is 24.5 Å². The standard InChI is InChI=1S/C27H25N3O5S/c1-5-29-19-13-8-7-12-18(19)21(24(29)31)23-25(32)30-22(16-10-9-11-17(14-16)34-4)20(26(33)35-6-2)15(3)28-27(30)36-23/h7-14,22H,5-6H2,1-4H3. The second-order valence-corrected chi connectivity index (χ2v) is 9.32. The van der Waals surface area contributed by atoms with Gasteiger partial charge in [-0.15, -0.1) is 0 Å². The molecule has 2 aliphatic heterocycles. The Kier molecular flexibility index (Phi) is 6.09. The van der Waals surface area contributed by atoms with Crippen molar-refractivity contribution in [3.8, 4) is 5.75 Å². The van der Waals surface area contributed by atoms with E-state index in [9.17, 15) is 14.4 Å². The van der Waals surface area contributed by atoms with E-state index in [1.807, 2.05) is 37.3 Å². The first-order valence-corrected chi connectivity index (χ1v) is 12.5. The minimum absolute atomic E-state index is 0.188. The fourth-order valence-corrected chi connectivity index (χ4v) is 5.92. The molecule has 8 nitrogen and oxygen atoms in total. The maximum absolute atomic E-state index is 14.0. The van der Waals surface area contributed by atoms with Crippen LogP contribution in [0.5, 0.6) is 5.75 Å². The molecule has 0 N–H and O–H groups in total. The number of allylic oxidation sites excluding steroid dienone is 1. The molecule has 0 radical (unpaired) electrons. The summed E-state index contributed by atoms with van der Waals surface area (Å²) in [5.41, 5.74) is 2.90. The van der Waals surface area contributed by atoms with Crippen LogP contribution in [-0.2, 0) is 14.3 Å². The lowest BCUT2D eigenvalue weighted by Gasteiger charge is -2.25. The molecule has 0 saturated carbocycles. The molecule has 9 heteroatoms. The molecule has 5 rings (SSSR count). The molecule has 1 atom stereocenters. The number of ether oxygens (including phenoxy) is 2. The van der Waals surface area contributed by atoms with Crippen molar-refractivity contribution in [3.63, 3.8) is 0 Å². The minimum Gasteiger partial charge on any atom is -0.497 e. The summed E-state index contributed by atoms with van der Waals surface area (Å²) in [6, 6.07) is 13.9. The maximum Gasteiger partial charge on any atom is 0.338 e. The van der Waals surface area contributed by atoms with Gasteiger partial charge in [-0.05, 0) is 44.5 Å². The van der Waals surface area contributed by atoms with E-state index in [0.29, 0.717) is 44.0 Å². The van der Waals surface area contributed by atoms with E-state index in [1.54, 1.807) is 44.1 Å². The Morgan fingerprint density at radius 2 is 1.89 bits per heavy atom. The number of carbonyl (C=O) groups excluding carboxylic acids is 2. The number of thiazole rings is 1. The summed E-state index contributed by atoms with van der Waals surface area (Å²) in [6.45, 7) is 6.03. The van der Waals surface area contributed by atoms with Gasteiger partial charge in [0.25, 0.3) is 11.5 Å². The highest BCUT2D eigenvalue weighted by atomic mass is 32.1. The Labute approximate surface area is 211 Å². The maximum atomic E-state index is 14.0. The predicted molar refractivity (Wildman–Crippen MR) is 137 cm³/mol. The molecule has 3 aromatic rings. The third-order valence-corrected chi connectivity index (χ3v) is 7.42. The van der Waals surface area contributed by atoms with Crippen molar-refractivity contribution in [2.24, 2.45) is 4.99 Å². The summed E-state index contributed by atoms with van der Waals surface area (Å²) in [5.74, 6) is -0.166. The number of benzene rings is 2. The number of aromatic nitrogens is 1. The predicted octanol–water partition coefficient (Wildman–Crippen LogP) is 2.54. The van der Waals surface area contributed by atoms with Crippen LogP contribution in [-0.4, -0.2) is 36.7 Å². The van der Waals surface area contributed by atoms with E-state index in [4.69, 9.17) is 9.47 Å². The number of hydrogen-bond acceptors (Lipinski definition) is 7. The van der Waals surface area contributed by atoms with Crippen molar-refractivity contribution in [3.05, 3.63) is 90.6 Å². The molecular weight excluding hydrogens is 478 g/mol. The molecule has 184 valence electrons. The topological polar surface area (TPSA) is 90.2 Å². The van der Waals surface area contributed by atoms with Crippen molar-refractivity contribution < 1.29 is 19.1 Å². The summed E-state index contributed by atoms with van der Waals surface area (Å²) in [7, 11) is 1.56. The lowest BCUT2D eigenvalue weighted by molar-refractivity contribution is -0.139. The van der Waals surface area contributed by atoms with Gasteiger partial charge in [0.2, 0.25) is 0 Å². The normalized spacial score (nSPS) is 18.1. The SMILES string of the molecule is CCOC(=O)C1=C(C)N=c2sc(=C3C(=O)N(CC)c4ccccc43)c(=O)n2C1c1cccc(OC)c1. The smallest absolute Gasteiger partial charge is 0.338 e. The summed E-state index contributed by atoms with van der Waals surface area (Å²) >= 11 is 1.16. The number of esters is 1. The number of amides is 1. The number of para-hydroxylation sites is 1. The molecule has 0 bridgehead atoms. The van der Waals surface area contributed by atoms with Crippen LogP contribution in [0.2, 0.25) is 0 Å². The lowest BCUT2D eigenvalue weighted by Crippen LogP contribution is -2.41. The van der Waals surface area contributed by atoms with E-state index in [-0.39, 0.29) is 23.6 Å². The Morgan fingerprint density at radius 3 is 2.61 bits per heavy atom. The molecule has 1 amide bonds. The van der Waals surface area contributed by atoms with Gasteiger partial charge in [0.1, 0.15) is 10.3 Å². The zero-order chi connectivity index (χ0) is 25.6. The van der Waals surface area contributed by atoms with Crippen LogP contribution in [0.3, 0.4) is 0 Å². The third-order valence-electron chi connectivity index (χ3n) is 6.37. The summed E-state index contributed by atoms with van der Waals surface area (Å²) in [4.78, 5) is 47.2. The van der Waals surface area contributed by atoms with E-state index in [1.165, 1.54) is 4.57 Å².